The molecule has 0 spiro atoms. The smallest absolute Gasteiger partial charge is 0.388 e. The summed E-state index contributed by atoms with van der Waals surface area (Å²) in [5.74, 6) is 0.0512. The molecule has 0 bridgehead atoms. The quantitative estimate of drug-likeness (QED) is 0.852. The van der Waals surface area contributed by atoms with Crippen molar-refractivity contribution in [2.45, 2.75) is 57.3 Å². The summed E-state index contributed by atoms with van der Waals surface area (Å²) in [5, 5.41) is 4.40. The summed E-state index contributed by atoms with van der Waals surface area (Å²) in [4.78, 5) is 14.6. The predicted octanol–water partition coefficient (Wildman–Crippen LogP) is 2.87. The maximum Gasteiger partial charge on any atom is 0.438 e. The van der Waals surface area contributed by atoms with Crippen molar-refractivity contribution in [1.82, 2.24) is 14.7 Å². The number of aromatic nitrogens is 2. The highest BCUT2D eigenvalue weighted by Gasteiger charge is 2.35. The van der Waals surface area contributed by atoms with E-state index in [2.05, 4.69) is 10.00 Å². The summed E-state index contributed by atoms with van der Waals surface area (Å²) in [6.45, 7) is 0.560. The highest BCUT2D eigenvalue weighted by molar-refractivity contribution is 5.51. The molecule has 5 heteroatoms. The maximum atomic E-state index is 12.1. The van der Waals surface area contributed by atoms with E-state index >= 15 is 0 Å². The first-order valence-electron chi connectivity index (χ1n) is 8.20. The van der Waals surface area contributed by atoms with Crippen LogP contribution in [0.15, 0.2) is 39.5 Å². The molecule has 2 saturated carbocycles. The van der Waals surface area contributed by atoms with Crippen molar-refractivity contribution in [3.8, 4) is 11.5 Å². The van der Waals surface area contributed by atoms with Gasteiger partial charge in [0.15, 0.2) is 0 Å². The Morgan fingerprint density at radius 2 is 1.77 bits per heavy atom. The van der Waals surface area contributed by atoms with E-state index in [0.717, 1.165) is 5.56 Å². The van der Waals surface area contributed by atoms with E-state index in [4.69, 9.17) is 4.42 Å². The Morgan fingerprint density at radius 3 is 2.45 bits per heavy atom. The van der Waals surface area contributed by atoms with Crippen molar-refractivity contribution >= 4 is 0 Å². The molecule has 0 saturated heterocycles. The van der Waals surface area contributed by atoms with Crippen molar-refractivity contribution < 1.29 is 4.42 Å². The summed E-state index contributed by atoms with van der Waals surface area (Å²) < 4.78 is 6.82. The molecule has 116 valence electrons. The van der Waals surface area contributed by atoms with Crippen LogP contribution in [-0.4, -0.2) is 26.8 Å². The second-order valence-electron chi connectivity index (χ2n) is 6.36. The van der Waals surface area contributed by atoms with Gasteiger partial charge in [-0.25, -0.2) is 4.79 Å². The molecule has 5 nitrogen and oxygen atoms in total. The summed E-state index contributed by atoms with van der Waals surface area (Å²) in [7, 11) is 0. The van der Waals surface area contributed by atoms with Crippen molar-refractivity contribution in [2.24, 2.45) is 0 Å². The van der Waals surface area contributed by atoms with Gasteiger partial charge in [-0.2, -0.15) is 4.68 Å². The number of hydrogen-bond acceptors (Lipinski definition) is 4. The number of rotatable bonds is 5. The Balaban J connectivity index is 1.57. The molecular weight excluding hydrogens is 278 g/mol. The van der Waals surface area contributed by atoms with Gasteiger partial charge < -0.3 is 4.42 Å². The van der Waals surface area contributed by atoms with E-state index in [-0.39, 0.29) is 5.76 Å². The maximum absolute atomic E-state index is 12.1. The van der Waals surface area contributed by atoms with Gasteiger partial charge in [0.25, 0.3) is 0 Å². The Bertz CT molecular complexity index is 681. The summed E-state index contributed by atoms with van der Waals surface area (Å²) >= 11 is 0. The van der Waals surface area contributed by atoms with Crippen LogP contribution in [0.3, 0.4) is 0 Å². The largest absolute Gasteiger partial charge is 0.438 e. The topological polar surface area (TPSA) is 51.3 Å². The van der Waals surface area contributed by atoms with Gasteiger partial charge in [-0.3, -0.25) is 4.90 Å². The lowest BCUT2D eigenvalue weighted by atomic mass is 10.2. The third kappa shape index (κ3) is 2.73. The highest BCUT2D eigenvalue weighted by atomic mass is 16.4. The van der Waals surface area contributed by atoms with Gasteiger partial charge in [0.1, 0.15) is 6.67 Å². The van der Waals surface area contributed by atoms with Crippen molar-refractivity contribution in [3.63, 3.8) is 0 Å². The average molecular weight is 299 g/mol. The van der Waals surface area contributed by atoms with E-state index < -0.39 is 0 Å². The molecule has 0 atom stereocenters. The Morgan fingerprint density at radius 1 is 1.09 bits per heavy atom. The fourth-order valence-electron chi connectivity index (χ4n) is 3.42. The number of hydrogen-bond donors (Lipinski definition) is 0. The van der Waals surface area contributed by atoms with E-state index in [9.17, 15) is 4.79 Å². The molecule has 22 heavy (non-hydrogen) atoms. The zero-order chi connectivity index (χ0) is 14.9. The highest BCUT2D eigenvalue weighted by Crippen LogP contribution is 2.34. The van der Waals surface area contributed by atoms with Crippen LogP contribution in [0.4, 0.5) is 0 Å². The first-order valence-corrected chi connectivity index (χ1v) is 8.20. The van der Waals surface area contributed by atoms with Crippen LogP contribution in [0.25, 0.3) is 11.5 Å². The second-order valence-corrected chi connectivity index (χ2v) is 6.36. The van der Waals surface area contributed by atoms with Gasteiger partial charge in [-0.1, -0.05) is 31.0 Å². The fourth-order valence-corrected chi connectivity index (χ4v) is 3.42. The van der Waals surface area contributed by atoms with Crippen LogP contribution in [0.2, 0.25) is 0 Å². The van der Waals surface area contributed by atoms with Gasteiger partial charge >= 0.3 is 5.76 Å². The standard InChI is InChI=1S/C17H21N3O2/c21-17-20(18-16(22-17)13-6-2-1-3-7-13)12-19(15-10-11-15)14-8-4-5-9-14/h1-3,6-7,14-15H,4-5,8-12H2. The molecule has 0 radical (unpaired) electrons. The van der Waals surface area contributed by atoms with E-state index in [0.29, 0.717) is 24.6 Å². The molecule has 0 N–H and O–H groups in total. The number of nitrogens with zero attached hydrogens (tertiary/aromatic N) is 3. The third-order valence-corrected chi connectivity index (χ3v) is 4.73. The predicted molar refractivity (Wildman–Crippen MR) is 83.3 cm³/mol. The lowest BCUT2D eigenvalue weighted by Gasteiger charge is -2.27. The van der Waals surface area contributed by atoms with Crippen LogP contribution in [0.1, 0.15) is 38.5 Å². The molecule has 1 heterocycles. The van der Waals surface area contributed by atoms with E-state index in [1.165, 1.54) is 43.2 Å². The van der Waals surface area contributed by atoms with Crippen LogP contribution in [-0.2, 0) is 6.67 Å². The molecule has 0 aliphatic heterocycles. The average Bonchev–Trinajstić information content (AvgIpc) is 3.11. The Hall–Kier alpha value is -1.88. The molecular formula is C17H21N3O2. The first kappa shape index (κ1) is 13.8. The van der Waals surface area contributed by atoms with Crippen LogP contribution >= 0.6 is 0 Å². The summed E-state index contributed by atoms with van der Waals surface area (Å²) in [6, 6.07) is 10.8. The monoisotopic (exact) mass is 299 g/mol. The van der Waals surface area contributed by atoms with Crippen molar-refractivity contribution in [1.29, 1.82) is 0 Å². The molecule has 0 amide bonds. The lowest BCUT2D eigenvalue weighted by Crippen LogP contribution is -2.39. The third-order valence-electron chi connectivity index (χ3n) is 4.73. The minimum atomic E-state index is -0.359. The molecule has 2 aliphatic carbocycles. The molecule has 4 rings (SSSR count). The van der Waals surface area contributed by atoms with Crippen LogP contribution in [0, 0.1) is 0 Å². The van der Waals surface area contributed by atoms with Gasteiger partial charge in [0.05, 0.1) is 0 Å². The van der Waals surface area contributed by atoms with Crippen LogP contribution in [0.5, 0.6) is 0 Å². The van der Waals surface area contributed by atoms with E-state index in [1.807, 2.05) is 30.3 Å². The van der Waals surface area contributed by atoms with Crippen molar-refractivity contribution in [2.75, 3.05) is 0 Å². The lowest BCUT2D eigenvalue weighted by molar-refractivity contribution is 0.131. The fraction of sp³-hybridized carbons (Fsp3) is 0.529. The molecule has 2 fully saturated rings. The molecule has 2 aliphatic rings. The summed E-state index contributed by atoms with van der Waals surface area (Å²) in [5.41, 5.74) is 0.845. The normalized spacial score (nSPS) is 19.1. The van der Waals surface area contributed by atoms with E-state index in [1.54, 1.807) is 0 Å². The van der Waals surface area contributed by atoms with Crippen LogP contribution < -0.4 is 5.76 Å². The zero-order valence-corrected chi connectivity index (χ0v) is 12.6. The molecule has 2 aromatic rings. The van der Waals surface area contributed by atoms with Crippen molar-refractivity contribution in [3.05, 3.63) is 40.9 Å². The zero-order valence-electron chi connectivity index (χ0n) is 12.6. The van der Waals surface area contributed by atoms with Gasteiger partial charge in [-0.05, 0) is 37.8 Å². The minimum absolute atomic E-state index is 0.359. The first-order chi connectivity index (χ1) is 10.8. The number of benzene rings is 1. The molecule has 1 aromatic heterocycles. The van der Waals surface area contributed by atoms with Gasteiger partial charge in [-0.15, -0.1) is 5.10 Å². The van der Waals surface area contributed by atoms with Gasteiger partial charge in [0, 0.05) is 17.6 Å². The molecule has 0 unspecified atom stereocenters. The molecule has 1 aromatic carbocycles. The minimum Gasteiger partial charge on any atom is -0.388 e. The Labute approximate surface area is 129 Å². The summed E-state index contributed by atoms with van der Waals surface area (Å²) in [6.07, 6.45) is 7.58. The van der Waals surface area contributed by atoms with Gasteiger partial charge in [0.2, 0.25) is 5.89 Å². The second kappa shape index (κ2) is 5.72. The SMILES string of the molecule is O=c1oc(-c2ccccc2)nn1CN(C1CCCC1)C1CC1. The Kier molecular flexibility index (Phi) is 3.58.